The molecule has 1 amide bonds. The molecule has 0 radical (unpaired) electrons. The van der Waals surface area contributed by atoms with Crippen molar-refractivity contribution in [2.75, 3.05) is 13.6 Å². The van der Waals surface area contributed by atoms with Gasteiger partial charge < -0.3 is 5.32 Å². The van der Waals surface area contributed by atoms with Crippen molar-refractivity contribution in [3.8, 4) is 0 Å². The van der Waals surface area contributed by atoms with E-state index in [9.17, 15) is 9.18 Å². The van der Waals surface area contributed by atoms with Gasteiger partial charge in [0, 0.05) is 30.2 Å². The van der Waals surface area contributed by atoms with E-state index in [0.717, 1.165) is 24.1 Å². The van der Waals surface area contributed by atoms with Crippen molar-refractivity contribution in [3.05, 3.63) is 34.6 Å². The fourth-order valence-electron chi connectivity index (χ4n) is 5.42. The van der Waals surface area contributed by atoms with E-state index in [1.165, 1.54) is 25.3 Å². The van der Waals surface area contributed by atoms with Crippen LogP contribution in [-0.2, 0) is 13.0 Å². The standard InChI is InChI=1S/C19H26FN3O2/c1-3-14-6-15-13(4-12(5-16(15)20)17(24)22-25)7-23(14)11-18-8-19(9-18,10-18)21-2/h4-5,14,21,25H,3,6-11H2,1-2H3,(H,22,24)/t14-,18?,19?/m1/s1. The second-order valence-corrected chi connectivity index (χ2v) is 8.27. The Balaban J connectivity index is 1.56. The molecule has 3 N–H and O–H groups in total. The van der Waals surface area contributed by atoms with Crippen LogP contribution in [0.2, 0.25) is 0 Å². The lowest BCUT2D eigenvalue weighted by Crippen LogP contribution is -2.75. The Morgan fingerprint density at radius 1 is 1.40 bits per heavy atom. The summed E-state index contributed by atoms with van der Waals surface area (Å²) in [6.45, 7) is 3.88. The van der Waals surface area contributed by atoms with Gasteiger partial charge >= 0.3 is 0 Å². The zero-order chi connectivity index (χ0) is 17.8. The van der Waals surface area contributed by atoms with Crippen LogP contribution in [0.25, 0.3) is 0 Å². The van der Waals surface area contributed by atoms with Gasteiger partial charge in [-0.05, 0) is 67.8 Å². The van der Waals surface area contributed by atoms with Gasteiger partial charge in [0.15, 0.2) is 0 Å². The van der Waals surface area contributed by atoms with Gasteiger partial charge in [0.05, 0.1) is 0 Å². The molecule has 1 aromatic rings. The second kappa shape index (κ2) is 5.76. The summed E-state index contributed by atoms with van der Waals surface area (Å²) in [5, 5.41) is 12.3. The maximum Gasteiger partial charge on any atom is 0.274 e. The van der Waals surface area contributed by atoms with Crippen molar-refractivity contribution in [1.82, 2.24) is 15.7 Å². The normalized spacial score (nSPS) is 33.2. The minimum absolute atomic E-state index is 0.174. The zero-order valence-electron chi connectivity index (χ0n) is 14.9. The van der Waals surface area contributed by atoms with Crippen LogP contribution in [0.4, 0.5) is 4.39 Å². The van der Waals surface area contributed by atoms with Gasteiger partial charge in [-0.3, -0.25) is 14.9 Å². The number of hydrogen-bond acceptors (Lipinski definition) is 4. The molecule has 136 valence electrons. The summed E-state index contributed by atoms with van der Waals surface area (Å²) in [7, 11) is 2.05. The van der Waals surface area contributed by atoms with E-state index in [4.69, 9.17) is 5.21 Å². The minimum Gasteiger partial charge on any atom is -0.314 e. The van der Waals surface area contributed by atoms with E-state index in [1.54, 1.807) is 11.5 Å². The number of carbonyl (C=O) groups excluding carboxylic acids is 1. The van der Waals surface area contributed by atoms with Crippen molar-refractivity contribution in [2.24, 2.45) is 5.41 Å². The molecule has 1 atom stereocenters. The summed E-state index contributed by atoms with van der Waals surface area (Å²) in [5.74, 6) is -1.00. The summed E-state index contributed by atoms with van der Waals surface area (Å²) < 4.78 is 14.5. The number of nitrogens with zero attached hydrogens (tertiary/aromatic N) is 1. The smallest absolute Gasteiger partial charge is 0.274 e. The third-order valence-electron chi connectivity index (χ3n) is 6.66. The Kier molecular flexibility index (Phi) is 3.90. The average Bonchev–Trinajstić information content (AvgIpc) is 2.55. The van der Waals surface area contributed by atoms with Crippen LogP contribution in [0.15, 0.2) is 12.1 Å². The molecule has 0 spiro atoms. The lowest BCUT2D eigenvalue weighted by Gasteiger charge is -2.72. The summed E-state index contributed by atoms with van der Waals surface area (Å²) in [4.78, 5) is 14.1. The number of fused-ring (bicyclic) bond motifs is 1. The quantitative estimate of drug-likeness (QED) is 0.565. The molecule has 0 unspecified atom stereocenters. The Bertz CT molecular complexity index is 701. The molecule has 1 heterocycles. The van der Waals surface area contributed by atoms with Crippen molar-refractivity contribution < 1.29 is 14.4 Å². The van der Waals surface area contributed by atoms with E-state index >= 15 is 0 Å². The molecule has 0 aromatic heterocycles. The first-order valence-corrected chi connectivity index (χ1v) is 9.12. The summed E-state index contributed by atoms with van der Waals surface area (Å²) in [5.41, 5.74) is 4.17. The monoisotopic (exact) mass is 347 g/mol. The van der Waals surface area contributed by atoms with Gasteiger partial charge in [-0.15, -0.1) is 0 Å². The Labute approximate surface area is 147 Å². The fraction of sp³-hybridized carbons (Fsp3) is 0.632. The van der Waals surface area contributed by atoms with E-state index in [1.807, 2.05) is 7.05 Å². The first-order chi connectivity index (χ1) is 11.9. The van der Waals surface area contributed by atoms with E-state index in [2.05, 4.69) is 17.1 Å². The van der Waals surface area contributed by atoms with Crippen LogP contribution in [0.3, 0.4) is 0 Å². The molecule has 2 bridgehead atoms. The molecule has 25 heavy (non-hydrogen) atoms. The highest BCUT2D eigenvalue weighted by Gasteiger charge is 2.67. The summed E-state index contributed by atoms with van der Waals surface area (Å²) in [6.07, 6.45) is 5.38. The highest BCUT2D eigenvalue weighted by Crippen LogP contribution is 2.67. The van der Waals surface area contributed by atoms with Crippen molar-refractivity contribution in [2.45, 2.75) is 57.2 Å². The topological polar surface area (TPSA) is 64.6 Å². The van der Waals surface area contributed by atoms with Gasteiger partial charge in [-0.2, -0.15) is 0 Å². The van der Waals surface area contributed by atoms with Crippen LogP contribution >= 0.6 is 0 Å². The van der Waals surface area contributed by atoms with Crippen LogP contribution in [0, 0.1) is 11.2 Å². The SMILES string of the molecule is CC[C@@H]1Cc2c(F)cc(C(=O)NO)cc2CN1CC12CC(NC)(C1)C2. The highest BCUT2D eigenvalue weighted by atomic mass is 19.1. The fourth-order valence-corrected chi connectivity index (χ4v) is 5.42. The van der Waals surface area contributed by atoms with Crippen LogP contribution in [0.5, 0.6) is 0 Å². The predicted molar refractivity (Wildman–Crippen MR) is 91.9 cm³/mol. The average molecular weight is 347 g/mol. The Hall–Kier alpha value is -1.50. The van der Waals surface area contributed by atoms with E-state index in [-0.39, 0.29) is 11.4 Å². The number of hydroxylamine groups is 1. The molecule has 3 fully saturated rings. The first kappa shape index (κ1) is 16.9. The molecule has 3 saturated carbocycles. The van der Waals surface area contributed by atoms with Crippen molar-refractivity contribution in [3.63, 3.8) is 0 Å². The first-order valence-electron chi connectivity index (χ1n) is 9.12. The lowest BCUT2D eigenvalue weighted by molar-refractivity contribution is -0.169. The van der Waals surface area contributed by atoms with Gasteiger partial charge in [-0.1, -0.05) is 6.92 Å². The molecule has 4 aliphatic rings. The van der Waals surface area contributed by atoms with Gasteiger partial charge in [-0.25, -0.2) is 9.87 Å². The van der Waals surface area contributed by atoms with Crippen LogP contribution < -0.4 is 10.8 Å². The third-order valence-corrected chi connectivity index (χ3v) is 6.66. The van der Waals surface area contributed by atoms with Crippen molar-refractivity contribution in [1.29, 1.82) is 0 Å². The lowest BCUT2D eigenvalue weighted by atomic mass is 9.39. The molecule has 1 aliphatic heterocycles. The number of amides is 1. The molecule has 5 rings (SSSR count). The molecule has 6 heteroatoms. The molecule has 0 saturated heterocycles. The van der Waals surface area contributed by atoms with Gasteiger partial charge in [0.1, 0.15) is 5.82 Å². The number of rotatable bonds is 5. The molecule has 1 aromatic carbocycles. The maximum absolute atomic E-state index is 14.5. The number of carbonyl (C=O) groups is 1. The van der Waals surface area contributed by atoms with Gasteiger partial charge in [0.2, 0.25) is 0 Å². The van der Waals surface area contributed by atoms with Crippen molar-refractivity contribution >= 4 is 5.91 Å². The molecule has 5 nitrogen and oxygen atoms in total. The second-order valence-electron chi connectivity index (χ2n) is 8.27. The summed E-state index contributed by atoms with van der Waals surface area (Å²) in [6, 6.07) is 3.30. The molecule has 3 aliphatic carbocycles. The number of hydrogen-bond donors (Lipinski definition) is 3. The zero-order valence-corrected chi connectivity index (χ0v) is 14.9. The summed E-state index contributed by atoms with van der Waals surface area (Å²) >= 11 is 0. The van der Waals surface area contributed by atoms with Crippen LogP contribution in [0.1, 0.15) is 54.1 Å². The predicted octanol–water partition coefficient (Wildman–Crippen LogP) is 2.22. The third kappa shape index (κ3) is 2.58. The Morgan fingerprint density at radius 3 is 2.72 bits per heavy atom. The number of halogens is 1. The number of nitrogens with one attached hydrogen (secondary N) is 2. The molecular weight excluding hydrogens is 321 g/mol. The minimum atomic E-state index is -0.666. The largest absolute Gasteiger partial charge is 0.314 e. The van der Waals surface area contributed by atoms with E-state index < -0.39 is 5.91 Å². The Morgan fingerprint density at radius 2 is 2.12 bits per heavy atom. The molecular formula is C19H26FN3O2. The highest BCUT2D eigenvalue weighted by molar-refractivity contribution is 5.93. The van der Waals surface area contributed by atoms with E-state index in [0.29, 0.717) is 30.0 Å². The maximum atomic E-state index is 14.5. The number of benzene rings is 1. The van der Waals surface area contributed by atoms with Gasteiger partial charge in [0.25, 0.3) is 5.91 Å². The van der Waals surface area contributed by atoms with Crippen LogP contribution in [-0.4, -0.2) is 41.2 Å².